The molecule has 21 heavy (non-hydrogen) atoms. The summed E-state index contributed by atoms with van der Waals surface area (Å²) in [6.45, 7) is 5.39. The van der Waals surface area contributed by atoms with Crippen LogP contribution in [0.2, 0.25) is 0 Å². The smallest absolute Gasteiger partial charge is 0.277 e. The molecule has 0 aliphatic rings. The van der Waals surface area contributed by atoms with Crippen LogP contribution in [0.15, 0.2) is 30.5 Å². The van der Waals surface area contributed by atoms with Crippen LogP contribution in [0.1, 0.15) is 41.4 Å². The molecule has 0 unspecified atom stereocenters. The number of halogens is 2. The third-order valence-electron chi connectivity index (χ3n) is 3.07. The lowest BCUT2D eigenvalue weighted by atomic mass is 10.0. The number of aryl methyl sites for hydroxylation is 1. The van der Waals surface area contributed by atoms with E-state index in [1.165, 1.54) is 24.4 Å². The molecule has 110 valence electrons. The van der Waals surface area contributed by atoms with Gasteiger partial charge in [-0.2, -0.15) is 0 Å². The molecule has 2 rings (SSSR count). The van der Waals surface area contributed by atoms with Crippen LogP contribution in [0.4, 0.5) is 14.5 Å². The van der Waals surface area contributed by atoms with Crippen molar-refractivity contribution in [1.82, 2.24) is 4.98 Å². The molecule has 1 N–H and O–H groups in total. The Morgan fingerprint density at radius 3 is 2.52 bits per heavy atom. The van der Waals surface area contributed by atoms with E-state index in [0.717, 1.165) is 0 Å². The maximum absolute atomic E-state index is 13.7. The van der Waals surface area contributed by atoms with E-state index in [0.29, 0.717) is 16.8 Å². The molecular formula is C16H16F2N2O. The summed E-state index contributed by atoms with van der Waals surface area (Å²) in [4.78, 5) is 15.8. The van der Waals surface area contributed by atoms with Crippen molar-refractivity contribution in [3.63, 3.8) is 0 Å². The molecule has 0 spiro atoms. The fourth-order valence-electron chi connectivity index (χ4n) is 1.95. The molecule has 1 amide bonds. The van der Waals surface area contributed by atoms with E-state index in [1.54, 1.807) is 13.0 Å². The van der Waals surface area contributed by atoms with Crippen LogP contribution in [-0.4, -0.2) is 10.9 Å². The van der Waals surface area contributed by atoms with Crippen LogP contribution in [0.25, 0.3) is 0 Å². The normalized spacial score (nSPS) is 10.8. The fraction of sp³-hybridized carbons (Fsp3) is 0.250. The SMILES string of the molecule is Cc1cnc(C(=O)Nc2ccc(F)c(C(C)C)c2)c(F)c1. The molecule has 0 aliphatic heterocycles. The first kappa shape index (κ1) is 15.1. The molecule has 0 aliphatic carbocycles. The molecule has 2 aromatic rings. The Bertz CT molecular complexity index is 684. The van der Waals surface area contributed by atoms with Gasteiger partial charge in [0.25, 0.3) is 5.91 Å². The number of hydrogen-bond acceptors (Lipinski definition) is 2. The van der Waals surface area contributed by atoms with Crippen LogP contribution < -0.4 is 5.32 Å². The minimum Gasteiger partial charge on any atom is -0.321 e. The van der Waals surface area contributed by atoms with E-state index in [-0.39, 0.29) is 17.4 Å². The Balaban J connectivity index is 2.25. The zero-order valence-electron chi connectivity index (χ0n) is 12.1. The molecule has 0 saturated carbocycles. The fourth-order valence-corrected chi connectivity index (χ4v) is 1.95. The number of nitrogens with one attached hydrogen (secondary N) is 1. The van der Waals surface area contributed by atoms with Gasteiger partial charge in [0.1, 0.15) is 5.82 Å². The highest BCUT2D eigenvalue weighted by Crippen LogP contribution is 2.22. The van der Waals surface area contributed by atoms with E-state index in [4.69, 9.17) is 0 Å². The van der Waals surface area contributed by atoms with Crippen molar-refractivity contribution in [3.8, 4) is 0 Å². The summed E-state index contributed by atoms with van der Waals surface area (Å²) in [5.74, 6) is -1.69. The van der Waals surface area contributed by atoms with Crippen molar-refractivity contribution >= 4 is 11.6 Å². The molecule has 5 heteroatoms. The Morgan fingerprint density at radius 2 is 1.90 bits per heavy atom. The first-order valence-corrected chi connectivity index (χ1v) is 6.61. The molecule has 0 atom stereocenters. The molecule has 0 saturated heterocycles. The summed E-state index contributed by atoms with van der Waals surface area (Å²) in [5, 5.41) is 2.53. The zero-order valence-corrected chi connectivity index (χ0v) is 12.1. The van der Waals surface area contributed by atoms with E-state index < -0.39 is 11.7 Å². The van der Waals surface area contributed by atoms with Gasteiger partial charge in [0, 0.05) is 11.9 Å². The lowest BCUT2D eigenvalue weighted by molar-refractivity contribution is 0.101. The predicted molar refractivity (Wildman–Crippen MR) is 77.4 cm³/mol. The minimum absolute atomic E-state index is 0.0175. The molecule has 3 nitrogen and oxygen atoms in total. The average molecular weight is 290 g/mol. The number of carbonyl (C=O) groups excluding carboxylic acids is 1. The van der Waals surface area contributed by atoms with Gasteiger partial charge in [0.05, 0.1) is 0 Å². The van der Waals surface area contributed by atoms with Gasteiger partial charge >= 0.3 is 0 Å². The van der Waals surface area contributed by atoms with Gasteiger partial charge in [-0.15, -0.1) is 0 Å². The van der Waals surface area contributed by atoms with E-state index in [2.05, 4.69) is 10.3 Å². The van der Waals surface area contributed by atoms with Gasteiger partial charge in [-0.3, -0.25) is 4.79 Å². The van der Waals surface area contributed by atoms with Gasteiger partial charge in [-0.05, 0) is 48.2 Å². The summed E-state index contributed by atoms with van der Waals surface area (Å²) in [5.41, 5.74) is 1.25. The maximum Gasteiger partial charge on any atom is 0.277 e. The predicted octanol–water partition coefficient (Wildman–Crippen LogP) is 4.04. The number of nitrogens with zero attached hydrogens (tertiary/aromatic N) is 1. The van der Waals surface area contributed by atoms with Crippen LogP contribution in [-0.2, 0) is 0 Å². The minimum atomic E-state index is -0.682. The second-order valence-corrected chi connectivity index (χ2v) is 5.19. The quantitative estimate of drug-likeness (QED) is 0.926. The van der Waals surface area contributed by atoms with Crippen LogP contribution in [0.5, 0.6) is 0 Å². The van der Waals surface area contributed by atoms with Gasteiger partial charge < -0.3 is 5.32 Å². The van der Waals surface area contributed by atoms with Crippen molar-refractivity contribution in [1.29, 1.82) is 0 Å². The summed E-state index contributed by atoms with van der Waals surface area (Å²) in [7, 11) is 0. The Kier molecular flexibility index (Phi) is 4.31. The number of amides is 1. The number of carbonyl (C=O) groups is 1. The van der Waals surface area contributed by atoms with E-state index in [9.17, 15) is 13.6 Å². The largest absolute Gasteiger partial charge is 0.321 e. The maximum atomic E-state index is 13.7. The molecule has 1 aromatic heterocycles. The first-order chi connectivity index (χ1) is 9.88. The molecular weight excluding hydrogens is 274 g/mol. The van der Waals surface area contributed by atoms with Crippen molar-refractivity contribution in [2.75, 3.05) is 5.32 Å². The van der Waals surface area contributed by atoms with Crippen molar-refractivity contribution < 1.29 is 13.6 Å². The van der Waals surface area contributed by atoms with Gasteiger partial charge in [-0.1, -0.05) is 13.8 Å². The van der Waals surface area contributed by atoms with E-state index >= 15 is 0 Å². The summed E-state index contributed by atoms with van der Waals surface area (Å²) in [6.07, 6.45) is 1.42. The highest BCUT2D eigenvalue weighted by atomic mass is 19.1. The van der Waals surface area contributed by atoms with Crippen LogP contribution >= 0.6 is 0 Å². The number of benzene rings is 1. The monoisotopic (exact) mass is 290 g/mol. The Hall–Kier alpha value is -2.30. The lowest BCUT2D eigenvalue weighted by Crippen LogP contribution is -2.16. The summed E-state index contributed by atoms with van der Waals surface area (Å²) >= 11 is 0. The third-order valence-corrected chi connectivity index (χ3v) is 3.07. The highest BCUT2D eigenvalue weighted by Gasteiger charge is 2.15. The van der Waals surface area contributed by atoms with Crippen molar-refractivity contribution in [3.05, 3.63) is 58.9 Å². The van der Waals surface area contributed by atoms with Gasteiger partial charge in [0.2, 0.25) is 0 Å². The topological polar surface area (TPSA) is 42.0 Å². The molecule has 0 radical (unpaired) electrons. The Morgan fingerprint density at radius 1 is 1.19 bits per heavy atom. The second-order valence-electron chi connectivity index (χ2n) is 5.19. The van der Waals surface area contributed by atoms with Gasteiger partial charge in [-0.25, -0.2) is 13.8 Å². The number of aromatic nitrogens is 1. The standard InChI is InChI=1S/C16H16F2N2O/c1-9(2)12-7-11(4-5-13(12)17)20-16(21)15-14(18)6-10(3)8-19-15/h4-9H,1-3H3,(H,20,21). The van der Waals surface area contributed by atoms with Crippen molar-refractivity contribution in [2.24, 2.45) is 0 Å². The third kappa shape index (κ3) is 3.42. The Labute approximate surface area is 122 Å². The lowest BCUT2D eigenvalue weighted by Gasteiger charge is -2.11. The van der Waals surface area contributed by atoms with Crippen LogP contribution in [0, 0.1) is 18.6 Å². The molecule has 1 heterocycles. The number of anilines is 1. The molecule has 0 fully saturated rings. The van der Waals surface area contributed by atoms with Crippen LogP contribution in [0.3, 0.4) is 0 Å². The van der Waals surface area contributed by atoms with E-state index in [1.807, 2.05) is 13.8 Å². The first-order valence-electron chi connectivity index (χ1n) is 6.61. The van der Waals surface area contributed by atoms with Crippen molar-refractivity contribution in [2.45, 2.75) is 26.7 Å². The number of pyridine rings is 1. The zero-order chi connectivity index (χ0) is 15.6. The number of hydrogen-bond donors (Lipinski definition) is 1. The summed E-state index contributed by atoms with van der Waals surface area (Å²) < 4.78 is 27.3. The second kappa shape index (κ2) is 5.99. The molecule has 1 aromatic carbocycles. The number of rotatable bonds is 3. The average Bonchev–Trinajstić information content (AvgIpc) is 2.40. The molecule has 0 bridgehead atoms. The highest BCUT2D eigenvalue weighted by molar-refractivity contribution is 6.03. The van der Waals surface area contributed by atoms with Gasteiger partial charge in [0.15, 0.2) is 11.5 Å². The summed E-state index contributed by atoms with van der Waals surface area (Å²) in [6, 6.07) is 5.51.